The minimum Gasteiger partial charge on any atom is -0.329 e. The number of rotatable bonds is 4. The summed E-state index contributed by atoms with van der Waals surface area (Å²) in [5.74, 6) is 2.38. The van der Waals surface area contributed by atoms with E-state index in [0.29, 0.717) is 0 Å². The van der Waals surface area contributed by atoms with E-state index in [9.17, 15) is 0 Å². The Hall–Kier alpha value is 0.260. The molecular formula is C11H17ClN2S2. The number of hydrogen-bond donors (Lipinski definition) is 1. The van der Waals surface area contributed by atoms with Crippen LogP contribution in [0.1, 0.15) is 11.3 Å². The van der Waals surface area contributed by atoms with Crippen LogP contribution in [0.2, 0.25) is 4.34 Å². The van der Waals surface area contributed by atoms with Crippen LogP contribution in [-0.2, 0) is 6.54 Å². The monoisotopic (exact) mass is 276 g/mol. The standard InChI is InChI=1S/C11H17ClN2S2/c1-14(6-9-2-3-10(12)16-9)11(7-13)4-5-15-8-11/h2-3H,4-8,13H2,1H3. The van der Waals surface area contributed by atoms with E-state index in [1.54, 1.807) is 11.3 Å². The predicted molar refractivity (Wildman–Crippen MR) is 74.5 cm³/mol. The minimum atomic E-state index is 0.196. The van der Waals surface area contributed by atoms with Crippen LogP contribution in [0.3, 0.4) is 0 Å². The van der Waals surface area contributed by atoms with Crippen molar-refractivity contribution in [2.75, 3.05) is 25.1 Å². The molecule has 2 nitrogen and oxygen atoms in total. The number of nitrogens with two attached hydrogens (primary N) is 1. The normalized spacial score (nSPS) is 25.5. The van der Waals surface area contributed by atoms with Crippen LogP contribution < -0.4 is 5.73 Å². The zero-order valence-electron chi connectivity index (χ0n) is 9.41. The molecule has 0 aromatic carbocycles. The smallest absolute Gasteiger partial charge is 0.0931 e. The first-order valence-electron chi connectivity index (χ1n) is 5.39. The predicted octanol–water partition coefficient (Wildman–Crippen LogP) is 2.67. The lowest BCUT2D eigenvalue weighted by atomic mass is 9.97. The molecule has 0 amide bonds. The van der Waals surface area contributed by atoms with E-state index in [4.69, 9.17) is 17.3 Å². The van der Waals surface area contributed by atoms with Gasteiger partial charge in [0.15, 0.2) is 0 Å². The van der Waals surface area contributed by atoms with Gasteiger partial charge < -0.3 is 5.73 Å². The van der Waals surface area contributed by atoms with Gasteiger partial charge in [0, 0.05) is 29.3 Å². The molecule has 2 rings (SSSR count). The Labute approximate surface area is 110 Å². The van der Waals surface area contributed by atoms with E-state index in [1.807, 2.05) is 17.8 Å². The molecule has 1 atom stereocenters. The number of nitrogens with zero attached hydrogens (tertiary/aromatic N) is 1. The second-order valence-corrected chi connectivity index (χ2v) is 7.20. The van der Waals surface area contributed by atoms with Crippen LogP contribution in [0.25, 0.3) is 0 Å². The van der Waals surface area contributed by atoms with Crippen molar-refractivity contribution >= 4 is 34.7 Å². The lowest BCUT2D eigenvalue weighted by Crippen LogP contribution is -2.51. The fourth-order valence-electron chi connectivity index (χ4n) is 2.05. The molecule has 5 heteroatoms. The fourth-order valence-corrected chi connectivity index (χ4v) is 4.72. The Kier molecular flexibility index (Phi) is 4.19. The molecule has 0 saturated carbocycles. The molecular weight excluding hydrogens is 260 g/mol. The third kappa shape index (κ3) is 2.57. The molecule has 1 fully saturated rings. The first-order valence-corrected chi connectivity index (χ1v) is 7.74. The van der Waals surface area contributed by atoms with Crippen LogP contribution in [-0.4, -0.2) is 35.5 Å². The van der Waals surface area contributed by atoms with Crippen LogP contribution in [0.5, 0.6) is 0 Å². The van der Waals surface area contributed by atoms with Gasteiger partial charge in [-0.3, -0.25) is 4.90 Å². The van der Waals surface area contributed by atoms with Crippen molar-refractivity contribution in [1.29, 1.82) is 0 Å². The van der Waals surface area contributed by atoms with Crippen LogP contribution in [0, 0.1) is 0 Å². The highest BCUT2D eigenvalue weighted by Gasteiger charge is 2.36. The number of likely N-dealkylation sites (N-methyl/N-ethyl adjacent to an activating group) is 1. The van der Waals surface area contributed by atoms with Gasteiger partial charge in [-0.15, -0.1) is 11.3 Å². The molecule has 2 N–H and O–H groups in total. The Morgan fingerprint density at radius 3 is 2.88 bits per heavy atom. The Morgan fingerprint density at radius 1 is 1.56 bits per heavy atom. The third-order valence-electron chi connectivity index (χ3n) is 3.29. The van der Waals surface area contributed by atoms with Crippen molar-refractivity contribution in [3.8, 4) is 0 Å². The van der Waals surface area contributed by atoms with Gasteiger partial charge in [0.25, 0.3) is 0 Å². The number of hydrogen-bond acceptors (Lipinski definition) is 4. The summed E-state index contributed by atoms with van der Waals surface area (Å²) < 4.78 is 0.867. The average molecular weight is 277 g/mol. The molecule has 0 bridgehead atoms. The van der Waals surface area contributed by atoms with Crippen molar-refractivity contribution in [3.63, 3.8) is 0 Å². The van der Waals surface area contributed by atoms with Crippen molar-refractivity contribution in [3.05, 3.63) is 21.3 Å². The minimum absolute atomic E-state index is 0.196. The van der Waals surface area contributed by atoms with E-state index >= 15 is 0 Å². The number of thioether (sulfide) groups is 1. The molecule has 1 aliphatic rings. The summed E-state index contributed by atoms with van der Waals surface area (Å²) in [7, 11) is 2.17. The highest BCUT2D eigenvalue weighted by molar-refractivity contribution is 7.99. The van der Waals surface area contributed by atoms with Gasteiger partial charge in [-0.05, 0) is 31.4 Å². The summed E-state index contributed by atoms with van der Waals surface area (Å²) in [6.07, 6.45) is 1.20. The van der Waals surface area contributed by atoms with E-state index in [0.717, 1.165) is 23.2 Å². The Morgan fingerprint density at radius 2 is 2.38 bits per heavy atom. The maximum atomic E-state index is 5.95. The van der Waals surface area contributed by atoms with Gasteiger partial charge in [0.1, 0.15) is 0 Å². The van der Waals surface area contributed by atoms with Crippen LogP contribution in [0.15, 0.2) is 12.1 Å². The van der Waals surface area contributed by atoms with E-state index in [2.05, 4.69) is 18.0 Å². The average Bonchev–Trinajstić information content (AvgIpc) is 2.88. The van der Waals surface area contributed by atoms with Gasteiger partial charge >= 0.3 is 0 Å². The Balaban J connectivity index is 2.03. The second-order valence-electron chi connectivity index (χ2n) is 4.29. The van der Waals surface area contributed by atoms with E-state index in [-0.39, 0.29) is 5.54 Å². The topological polar surface area (TPSA) is 29.3 Å². The first kappa shape index (κ1) is 12.7. The lowest BCUT2D eigenvalue weighted by Gasteiger charge is -2.37. The molecule has 0 spiro atoms. The molecule has 1 aromatic rings. The third-order valence-corrected chi connectivity index (χ3v) is 5.74. The zero-order valence-corrected chi connectivity index (χ0v) is 11.8. The number of thiophene rings is 1. The molecule has 16 heavy (non-hydrogen) atoms. The largest absolute Gasteiger partial charge is 0.329 e. The molecule has 1 aromatic heterocycles. The molecule has 90 valence electrons. The Bertz CT molecular complexity index is 348. The molecule has 1 aliphatic heterocycles. The van der Waals surface area contributed by atoms with Crippen molar-refractivity contribution in [2.45, 2.75) is 18.5 Å². The quantitative estimate of drug-likeness (QED) is 0.917. The summed E-state index contributed by atoms with van der Waals surface area (Å²) in [6.45, 7) is 1.70. The highest BCUT2D eigenvalue weighted by atomic mass is 35.5. The van der Waals surface area contributed by atoms with Gasteiger partial charge in [0.2, 0.25) is 0 Å². The van der Waals surface area contributed by atoms with Gasteiger partial charge in [-0.1, -0.05) is 11.6 Å². The summed E-state index contributed by atoms with van der Waals surface area (Å²) in [6, 6.07) is 4.07. The fraction of sp³-hybridized carbons (Fsp3) is 0.636. The molecule has 1 saturated heterocycles. The molecule has 0 aliphatic carbocycles. The van der Waals surface area contributed by atoms with Gasteiger partial charge in [-0.25, -0.2) is 0 Å². The van der Waals surface area contributed by atoms with Gasteiger partial charge in [-0.2, -0.15) is 11.8 Å². The van der Waals surface area contributed by atoms with Crippen LogP contribution in [0.4, 0.5) is 0 Å². The maximum absolute atomic E-state index is 5.95. The van der Waals surface area contributed by atoms with E-state index in [1.165, 1.54) is 17.1 Å². The molecule has 0 radical (unpaired) electrons. The maximum Gasteiger partial charge on any atom is 0.0931 e. The zero-order chi connectivity index (χ0) is 11.6. The molecule has 1 unspecified atom stereocenters. The summed E-state index contributed by atoms with van der Waals surface area (Å²) in [4.78, 5) is 3.71. The highest BCUT2D eigenvalue weighted by Crippen LogP contribution is 2.33. The van der Waals surface area contributed by atoms with E-state index < -0.39 is 0 Å². The van der Waals surface area contributed by atoms with Crippen molar-refractivity contribution in [1.82, 2.24) is 4.90 Å². The summed E-state index contributed by atoms with van der Waals surface area (Å²) in [5.41, 5.74) is 6.15. The van der Waals surface area contributed by atoms with Crippen LogP contribution >= 0.6 is 34.7 Å². The van der Waals surface area contributed by atoms with Gasteiger partial charge in [0.05, 0.1) is 4.34 Å². The second kappa shape index (κ2) is 5.27. The summed E-state index contributed by atoms with van der Waals surface area (Å²) >= 11 is 9.61. The lowest BCUT2D eigenvalue weighted by molar-refractivity contribution is 0.145. The number of halogens is 1. The first-order chi connectivity index (χ1) is 7.66. The summed E-state index contributed by atoms with van der Waals surface area (Å²) in [5, 5.41) is 0. The van der Waals surface area contributed by atoms with Crippen molar-refractivity contribution in [2.24, 2.45) is 5.73 Å². The van der Waals surface area contributed by atoms with Crippen molar-refractivity contribution < 1.29 is 0 Å². The SMILES string of the molecule is CN(Cc1ccc(Cl)s1)C1(CN)CCSC1. The molecule has 2 heterocycles.